The van der Waals surface area contributed by atoms with Gasteiger partial charge in [-0.3, -0.25) is 4.79 Å². The van der Waals surface area contributed by atoms with Gasteiger partial charge in [0.15, 0.2) is 0 Å². The molecule has 3 aromatic rings. The Kier molecular flexibility index (Phi) is 5.30. The van der Waals surface area contributed by atoms with Crippen LogP contribution in [-0.2, 0) is 11.2 Å². The molecule has 0 aliphatic rings. The molecule has 0 aliphatic heterocycles. The van der Waals surface area contributed by atoms with Crippen molar-refractivity contribution in [1.82, 2.24) is 15.3 Å². The number of aromatic nitrogens is 2. The zero-order valence-corrected chi connectivity index (χ0v) is 14.9. The van der Waals surface area contributed by atoms with E-state index in [2.05, 4.69) is 46.6 Å². The van der Waals surface area contributed by atoms with Crippen LogP contribution in [0.25, 0.3) is 11.0 Å². The average Bonchev–Trinajstić information content (AvgIpc) is 3.21. The predicted molar refractivity (Wildman–Crippen MR) is 99.1 cm³/mol. The number of amides is 1. The second kappa shape index (κ2) is 7.62. The van der Waals surface area contributed by atoms with Crippen molar-refractivity contribution in [1.29, 1.82) is 0 Å². The molecular weight excluding hydrogens is 318 g/mol. The zero-order chi connectivity index (χ0) is 16.9. The average molecular weight is 341 g/mol. The molecule has 0 aliphatic carbocycles. The number of H-pyrrole nitrogens is 1. The highest BCUT2D eigenvalue weighted by atomic mass is 32.1. The molecule has 0 bridgehead atoms. The van der Waals surface area contributed by atoms with Gasteiger partial charge in [-0.1, -0.05) is 32.0 Å². The van der Waals surface area contributed by atoms with Gasteiger partial charge in [0.05, 0.1) is 17.1 Å². The van der Waals surface area contributed by atoms with E-state index >= 15 is 0 Å². The Hall–Kier alpha value is -2.14. The standard InChI is InChI=1S/C19H23N3OS/c1-13(2)18(19-20-15-9-3-4-10-16(15)21-19)22-17(23)11-5-7-14-8-6-12-24-14/h3-4,6,8-10,12-13,18H,5,7,11H2,1-2H3,(H,20,21)(H,22,23). The van der Waals surface area contributed by atoms with Crippen LogP contribution < -0.4 is 5.32 Å². The number of carbonyl (C=O) groups excluding carboxylic acids is 1. The molecule has 0 spiro atoms. The smallest absolute Gasteiger partial charge is 0.220 e. The minimum absolute atomic E-state index is 0.0886. The number of para-hydroxylation sites is 2. The lowest BCUT2D eigenvalue weighted by Gasteiger charge is -2.20. The first-order valence-electron chi connectivity index (χ1n) is 8.40. The van der Waals surface area contributed by atoms with E-state index in [1.807, 2.05) is 24.3 Å². The summed E-state index contributed by atoms with van der Waals surface area (Å²) in [5, 5.41) is 5.22. The summed E-state index contributed by atoms with van der Waals surface area (Å²) in [5.41, 5.74) is 1.94. The quantitative estimate of drug-likeness (QED) is 0.666. The van der Waals surface area contributed by atoms with Crippen molar-refractivity contribution < 1.29 is 4.79 Å². The second-order valence-corrected chi connectivity index (χ2v) is 7.39. The van der Waals surface area contributed by atoms with Crippen LogP contribution in [0.3, 0.4) is 0 Å². The summed E-state index contributed by atoms with van der Waals surface area (Å²) in [6.45, 7) is 4.20. The van der Waals surface area contributed by atoms with Gasteiger partial charge in [0.1, 0.15) is 5.82 Å². The van der Waals surface area contributed by atoms with E-state index < -0.39 is 0 Å². The summed E-state index contributed by atoms with van der Waals surface area (Å²) in [5.74, 6) is 1.19. The molecule has 0 saturated heterocycles. The van der Waals surface area contributed by atoms with Gasteiger partial charge < -0.3 is 10.3 Å². The lowest BCUT2D eigenvalue weighted by atomic mass is 10.0. The third kappa shape index (κ3) is 4.03. The Morgan fingerprint density at radius 1 is 1.25 bits per heavy atom. The van der Waals surface area contributed by atoms with E-state index in [1.165, 1.54) is 4.88 Å². The number of thiophene rings is 1. The van der Waals surface area contributed by atoms with Gasteiger partial charge in [-0.05, 0) is 42.3 Å². The lowest BCUT2D eigenvalue weighted by Crippen LogP contribution is -2.32. The number of fused-ring (bicyclic) bond motifs is 1. The monoisotopic (exact) mass is 341 g/mol. The molecule has 1 unspecified atom stereocenters. The van der Waals surface area contributed by atoms with Crippen molar-refractivity contribution in [3.05, 3.63) is 52.5 Å². The Morgan fingerprint density at radius 2 is 2.08 bits per heavy atom. The molecule has 0 fully saturated rings. The SMILES string of the molecule is CC(C)C(NC(=O)CCCc1cccs1)c1nc2ccccc2[nH]1. The van der Waals surface area contributed by atoms with Gasteiger partial charge in [0.25, 0.3) is 0 Å². The van der Waals surface area contributed by atoms with E-state index in [1.54, 1.807) is 11.3 Å². The second-order valence-electron chi connectivity index (χ2n) is 6.36. The first-order chi connectivity index (χ1) is 11.6. The van der Waals surface area contributed by atoms with Crippen molar-refractivity contribution in [2.45, 2.75) is 39.2 Å². The third-order valence-corrected chi connectivity index (χ3v) is 5.03. The van der Waals surface area contributed by atoms with Crippen LogP contribution in [0, 0.1) is 5.92 Å². The van der Waals surface area contributed by atoms with E-state index in [-0.39, 0.29) is 17.9 Å². The maximum atomic E-state index is 12.3. The number of aromatic amines is 1. The van der Waals surface area contributed by atoms with Gasteiger partial charge in [-0.25, -0.2) is 4.98 Å². The number of benzene rings is 1. The van der Waals surface area contributed by atoms with E-state index in [0.717, 1.165) is 29.7 Å². The van der Waals surface area contributed by atoms with Crippen LogP contribution in [-0.4, -0.2) is 15.9 Å². The van der Waals surface area contributed by atoms with Gasteiger partial charge in [0.2, 0.25) is 5.91 Å². The van der Waals surface area contributed by atoms with Crippen LogP contribution in [0.15, 0.2) is 41.8 Å². The fourth-order valence-corrected chi connectivity index (χ4v) is 3.55. The molecule has 1 amide bonds. The number of hydrogen-bond acceptors (Lipinski definition) is 3. The zero-order valence-electron chi connectivity index (χ0n) is 14.1. The minimum atomic E-state index is -0.0911. The Balaban J connectivity index is 1.61. The summed E-state index contributed by atoms with van der Waals surface area (Å²) in [6, 6.07) is 12.0. The predicted octanol–water partition coefficient (Wildman–Crippen LogP) is 4.46. The fourth-order valence-electron chi connectivity index (χ4n) is 2.79. The van der Waals surface area contributed by atoms with Gasteiger partial charge in [0, 0.05) is 11.3 Å². The number of nitrogens with zero attached hydrogens (tertiary/aromatic N) is 1. The molecule has 4 nitrogen and oxygen atoms in total. The largest absolute Gasteiger partial charge is 0.346 e. The van der Waals surface area contributed by atoms with E-state index in [0.29, 0.717) is 6.42 Å². The molecule has 2 N–H and O–H groups in total. The van der Waals surface area contributed by atoms with Crippen LogP contribution in [0.4, 0.5) is 0 Å². The summed E-state index contributed by atoms with van der Waals surface area (Å²) < 4.78 is 0. The van der Waals surface area contributed by atoms with Gasteiger partial charge >= 0.3 is 0 Å². The summed E-state index contributed by atoms with van der Waals surface area (Å²) in [6.07, 6.45) is 2.38. The van der Waals surface area contributed by atoms with Gasteiger partial charge in [-0.15, -0.1) is 11.3 Å². The highest BCUT2D eigenvalue weighted by Gasteiger charge is 2.21. The first kappa shape index (κ1) is 16.7. The Bertz CT molecular complexity index is 759. The number of nitrogens with one attached hydrogen (secondary N) is 2. The Labute approximate surface area is 146 Å². The minimum Gasteiger partial charge on any atom is -0.346 e. The highest BCUT2D eigenvalue weighted by Crippen LogP contribution is 2.22. The maximum Gasteiger partial charge on any atom is 0.220 e. The number of rotatable bonds is 7. The van der Waals surface area contributed by atoms with Crippen molar-refractivity contribution in [2.24, 2.45) is 5.92 Å². The van der Waals surface area contributed by atoms with Crippen molar-refractivity contribution >= 4 is 28.3 Å². The topological polar surface area (TPSA) is 57.8 Å². The van der Waals surface area contributed by atoms with Crippen LogP contribution in [0.2, 0.25) is 0 Å². The lowest BCUT2D eigenvalue weighted by molar-refractivity contribution is -0.122. The molecule has 3 rings (SSSR count). The summed E-state index contributed by atoms with van der Waals surface area (Å²) in [4.78, 5) is 21.6. The normalized spacial score (nSPS) is 12.6. The summed E-state index contributed by atoms with van der Waals surface area (Å²) >= 11 is 1.75. The molecule has 0 saturated carbocycles. The number of hydrogen-bond donors (Lipinski definition) is 2. The molecule has 126 valence electrons. The molecular formula is C19H23N3OS. The molecule has 1 aromatic carbocycles. The fraction of sp³-hybridized carbons (Fsp3) is 0.368. The van der Waals surface area contributed by atoms with E-state index in [4.69, 9.17) is 0 Å². The van der Waals surface area contributed by atoms with Crippen molar-refractivity contribution in [2.75, 3.05) is 0 Å². The van der Waals surface area contributed by atoms with Crippen LogP contribution >= 0.6 is 11.3 Å². The van der Waals surface area contributed by atoms with Crippen molar-refractivity contribution in [3.63, 3.8) is 0 Å². The molecule has 24 heavy (non-hydrogen) atoms. The molecule has 5 heteroatoms. The molecule has 1 atom stereocenters. The Morgan fingerprint density at radius 3 is 2.79 bits per heavy atom. The van der Waals surface area contributed by atoms with E-state index in [9.17, 15) is 4.79 Å². The van der Waals surface area contributed by atoms with Crippen molar-refractivity contribution in [3.8, 4) is 0 Å². The molecule has 2 aromatic heterocycles. The first-order valence-corrected chi connectivity index (χ1v) is 9.28. The highest BCUT2D eigenvalue weighted by molar-refractivity contribution is 7.09. The molecule has 0 radical (unpaired) electrons. The number of imidazole rings is 1. The maximum absolute atomic E-state index is 12.3. The van der Waals surface area contributed by atoms with Crippen LogP contribution in [0.5, 0.6) is 0 Å². The van der Waals surface area contributed by atoms with Crippen LogP contribution in [0.1, 0.15) is 43.4 Å². The molecule has 2 heterocycles. The summed E-state index contributed by atoms with van der Waals surface area (Å²) in [7, 11) is 0. The third-order valence-electron chi connectivity index (χ3n) is 4.09. The van der Waals surface area contributed by atoms with Gasteiger partial charge in [-0.2, -0.15) is 0 Å². The number of carbonyl (C=O) groups is 1. The number of aryl methyl sites for hydroxylation is 1.